The molecule has 0 saturated heterocycles. The monoisotopic (exact) mass is 382 g/mol. The standard InChI is InChI=1S/C23H18N4O2/c1-13-8-10-16(11-9-13)26-22(28)17-12-24-21-19(20(17)23(26)29)15(3)25-27(21)18-7-5-4-6-14(18)2/h4-12H,1-3H3. The van der Waals surface area contributed by atoms with Crippen molar-refractivity contribution in [3.63, 3.8) is 0 Å². The first-order chi connectivity index (χ1) is 14.0. The van der Waals surface area contributed by atoms with Crippen molar-refractivity contribution in [2.75, 3.05) is 4.90 Å². The van der Waals surface area contributed by atoms with Crippen LogP contribution >= 0.6 is 0 Å². The van der Waals surface area contributed by atoms with Crippen LogP contribution in [0.2, 0.25) is 0 Å². The van der Waals surface area contributed by atoms with Gasteiger partial charge in [0.1, 0.15) is 0 Å². The molecular weight excluding hydrogens is 364 g/mol. The molecule has 4 aromatic rings. The van der Waals surface area contributed by atoms with Crippen molar-refractivity contribution in [3.05, 3.63) is 82.7 Å². The molecule has 2 aromatic heterocycles. The number of fused-ring (bicyclic) bond motifs is 3. The van der Waals surface area contributed by atoms with E-state index in [2.05, 4.69) is 10.1 Å². The molecule has 0 bridgehead atoms. The van der Waals surface area contributed by atoms with Crippen molar-refractivity contribution in [2.24, 2.45) is 0 Å². The van der Waals surface area contributed by atoms with Crippen LogP contribution in [0.4, 0.5) is 5.69 Å². The fourth-order valence-electron chi connectivity index (χ4n) is 3.86. The van der Waals surface area contributed by atoms with Gasteiger partial charge in [-0.1, -0.05) is 35.9 Å². The number of aryl methyl sites for hydroxylation is 3. The molecule has 29 heavy (non-hydrogen) atoms. The van der Waals surface area contributed by atoms with Gasteiger partial charge in [-0.2, -0.15) is 5.10 Å². The third-order valence-corrected chi connectivity index (χ3v) is 5.36. The molecule has 6 nitrogen and oxygen atoms in total. The number of aromatic nitrogens is 3. The summed E-state index contributed by atoms with van der Waals surface area (Å²) in [6.07, 6.45) is 1.49. The molecule has 0 radical (unpaired) electrons. The largest absolute Gasteiger partial charge is 0.268 e. The lowest BCUT2D eigenvalue weighted by Gasteiger charge is -2.13. The van der Waals surface area contributed by atoms with E-state index in [0.29, 0.717) is 33.5 Å². The van der Waals surface area contributed by atoms with Crippen molar-refractivity contribution in [3.8, 4) is 5.69 Å². The maximum absolute atomic E-state index is 13.3. The number of benzene rings is 2. The predicted octanol–water partition coefficient (Wildman–Crippen LogP) is 4.15. The third kappa shape index (κ3) is 2.42. The topological polar surface area (TPSA) is 68.1 Å². The first kappa shape index (κ1) is 17.3. The van der Waals surface area contributed by atoms with Gasteiger partial charge in [0.05, 0.1) is 33.6 Å². The number of para-hydroxylation sites is 1. The van der Waals surface area contributed by atoms with Gasteiger partial charge in [0.25, 0.3) is 11.8 Å². The zero-order valence-electron chi connectivity index (χ0n) is 16.3. The van der Waals surface area contributed by atoms with Crippen LogP contribution in [-0.2, 0) is 0 Å². The number of amides is 2. The average Bonchev–Trinajstić information content (AvgIpc) is 3.17. The predicted molar refractivity (Wildman–Crippen MR) is 111 cm³/mol. The van der Waals surface area contributed by atoms with Crippen molar-refractivity contribution >= 4 is 28.5 Å². The summed E-state index contributed by atoms with van der Waals surface area (Å²) in [5.41, 5.74) is 5.48. The zero-order valence-corrected chi connectivity index (χ0v) is 16.3. The summed E-state index contributed by atoms with van der Waals surface area (Å²) in [6.45, 7) is 5.80. The molecule has 0 unspecified atom stereocenters. The summed E-state index contributed by atoms with van der Waals surface area (Å²) in [4.78, 5) is 32.1. The second-order valence-corrected chi connectivity index (χ2v) is 7.31. The molecule has 2 aromatic carbocycles. The minimum Gasteiger partial charge on any atom is -0.268 e. The van der Waals surface area contributed by atoms with E-state index in [0.717, 1.165) is 16.8 Å². The first-order valence-electron chi connectivity index (χ1n) is 9.37. The van der Waals surface area contributed by atoms with Crippen molar-refractivity contribution in [2.45, 2.75) is 20.8 Å². The van der Waals surface area contributed by atoms with Gasteiger partial charge in [-0.15, -0.1) is 0 Å². The second-order valence-electron chi connectivity index (χ2n) is 7.31. The number of pyridine rings is 1. The summed E-state index contributed by atoms with van der Waals surface area (Å²) in [5, 5.41) is 5.26. The number of imide groups is 1. The summed E-state index contributed by atoms with van der Waals surface area (Å²) in [7, 11) is 0. The normalized spacial score (nSPS) is 13.4. The Kier molecular flexibility index (Phi) is 3.64. The van der Waals surface area contributed by atoms with Crippen molar-refractivity contribution in [1.29, 1.82) is 0 Å². The van der Waals surface area contributed by atoms with E-state index in [4.69, 9.17) is 0 Å². The average molecular weight is 382 g/mol. The van der Waals surface area contributed by atoms with Gasteiger partial charge < -0.3 is 0 Å². The maximum atomic E-state index is 13.3. The lowest BCUT2D eigenvalue weighted by molar-refractivity contribution is 0.0926. The number of hydrogen-bond donors (Lipinski definition) is 0. The SMILES string of the molecule is Cc1ccc(N2C(=O)c3cnc4c(c(C)nn4-c4ccccc4C)c3C2=O)cc1. The summed E-state index contributed by atoms with van der Waals surface area (Å²) >= 11 is 0. The Morgan fingerprint density at radius 2 is 1.59 bits per heavy atom. The number of hydrogen-bond acceptors (Lipinski definition) is 4. The molecule has 0 spiro atoms. The van der Waals surface area contributed by atoms with E-state index < -0.39 is 0 Å². The molecular formula is C23H18N4O2. The van der Waals surface area contributed by atoms with Gasteiger partial charge in [-0.3, -0.25) is 9.59 Å². The Bertz CT molecular complexity index is 1320. The third-order valence-electron chi connectivity index (χ3n) is 5.36. The van der Waals surface area contributed by atoms with Crippen LogP contribution in [0.5, 0.6) is 0 Å². The van der Waals surface area contributed by atoms with Crippen molar-refractivity contribution in [1.82, 2.24) is 14.8 Å². The molecule has 5 rings (SSSR count). The van der Waals surface area contributed by atoms with Crippen LogP contribution < -0.4 is 4.90 Å². The highest BCUT2D eigenvalue weighted by Crippen LogP contribution is 2.34. The molecule has 1 aliphatic rings. The number of nitrogens with zero attached hydrogens (tertiary/aromatic N) is 4. The molecule has 142 valence electrons. The lowest BCUT2D eigenvalue weighted by Crippen LogP contribution is -2.29. The van der Waals surface area contributed by atoms with Crippen LogP contribution in [0.15, 0.2) is 54.7 Å². The Morgan fingerprint density at radius 1 is 0.862 bits per heavy atom. The molecule has 0 atom stereocenters. The Hall–Kier alpha value is -3.80. The molecule has 0 fully saturated rings. The van der Waals surface area contributed by atoms with Gasteiger partial charge in [0.15, 0.2) is 5.65 Å². The quantitative estimate of drug-likeness (QED) is 0.489. The van der Waals surface area contributed by atoms with E-state index in [1.54, 1.807) is 16.8 Å². The van der Waals surface area contributed by atoms with Gasteiger partial charge in [0.2, 0.25) is 0 Å². The number of rotatable bonds is 2. The van der Waals surface area contributed by atoms with E-state index in [1.165, 1.54) is 11.1 Å². The highest BCUT2D eigenvalue weighted by molar-refractivity contribution is 6.37. The fraction of sp³-hybridized carbons (Fsp3) is 0.130. The highest BCUT2D eigenvalue weighted by Gasteiger charge is 2.40. The Morgan fingerprint density at radius 3 is 2.31 bits per heavy atom. The van der Waals surface area contributed by atoms with E-state index in [1.807, 2.05) is 57.2 Å². The molecule has 0 N–H and O–H groups in total. The molecule has 0 saturated carbocycles. The van der Waals surface area contributed by atoms with Gasteiger partial charge in [-0.25, -0.2) is 14.6 Å². The zero-order chi connectivity index (χ0) is 20.3. The Labute approximate surface area is 167 Å². The maximum Gasteiger partial charge on any atom is 0.267 e. The fourth-order valence-corrected chi connectivity index (χ4v) is 3.86. The summed E-state index contributed by atoms with van der Waals surface area (Å²) < 4.78 is 1.74. The van der Waals surface area contributed by atoms with E-state index >= 15 is 0 Å². The number of anilines is 1. The number of carbonyl (C=O) groups is 2. The Balaban J connectivity index is 1.73. The lowest BCUT2D eigenvalue weighted by atomic mass is 10.1. The minimum absolute atomic E-state index is 0.315. The van der Waals surface area contributed by atoms with Crippen LogP contribution in [0.25, 0.3) is 16.7 Å². The molecule has 3 heterocycles. The second kappa shape index (κ2) is 6.10. The molecule has 2 amide bonds. The van der Waals surface area contributed by atoms with Crippen LogP contribution in [0, 0.1) is 20.8 Å². The van der Waals surface area contributed by atoms with Crippen LogP contribution in [-0.4, -0.2) is 26.6 Å². The molecule has 6 heteroatoms. The van der Waals surface area contributed by atoms with Gasteiger partial charge >= 0.3 is 0 Å². The van der Waals surface area contributed by atoms with Crippen molar-refractivity contribution < 1.29 is 9.59 Å². The highest BCUT2D eigenvalue weighted by atomic mass is 16.2. The summed E-state index contributed by atoms with van der Waals surface area (Å²) in [5.74, 6) is -0.694. The van der Waals surface area contributed by atoms with Crippen LogP contribution in [0.3, 0.4) is 0 Å². The minimum atomic E-state index is -0.355. The molecule has 1 aliphatic heterocycles. The van der Waals surface area contributed by atoms with Gasteiger partial charge in [0, 0.05) is 6.20 Å². The molecule has 0 aliphatic carbocycles. The van der Waals surface area contributed by atoms with Gasteiger partial charge in [-0.05, 0) is 44.5 Å². The first-order valence-corrected chi connectivity index (χ1v) is 9.37. The number of carbonyl (C=O) groups excluding carboxylic acids is 2. The summed E-state index contributed by atoms with van der Waals surface area (Å²) in [6, 6.07) is 15.2. The van der Waals surface area contributed by atoms with Crippen LogP contribution in [0.1, 0.15) is 37.5 Å². The van der Waals surface area contributed by atoms with E-state index in [9.17, 15) is 9.59 Å². The smallest absolute Gasteiger partial charge is 0.267 e. The van der Waals surface area contributed by atoms with E-state index in [-0.39, 0.29) is 11.8 Å².